The minimum absolute atomic E-state index is 0.00781. The molecule has 27 heavy (non-hydrogen) atoms. The van der Waals surface area contributed by atoms with Crippen molar-refractivity contribution in [3.63, 3.8) is 0 Å². The van der Waals surface area contributed by atoms with Gasteiger partial charge in [-0.1, -0.05) is 18.2 Å². The van der Waals surface area contributed by atoms with Crippen molar-refractivity contribution in [1.82, 2.24) is 15.6 Å². The van der Waals surface area contributed by atoms with Crippen molar-refractivity contribution in [1.29, 1.82) is 0 Å². The summed E-state index contributed by atoms with van der Waals surface area (Å²) in [4.78, 5) is 22.5. The molecule has 0 spiro atoms. The van der Waals surface area contributed by atoms with Crippen molar-refractivity contribution in [2.45, 2.75) is 12.8 Å². The summed E-state index contributed by atoms with van der Waals surface area (Å²) >= 11 is 0. The average Bonchev–Trinajstić information content (AvgIpc) is 2.72. The Kier molecular flexibility index (Phi) is 6.62. The molecule has 0 aliphatic carbocycles. The number of benzene rings is 1. The third-order valence-electron chi connectivity index (χ3n) is 4.28. The summed E-state index contributed by atoms with van der Waals surface area (Å²) in [7, 11) is 1.75. The number of guanidine groups is 1. The highest BCUT2D eigenvalue weighted by Gasteiger charge is 2.24. The maximum Gasteiger partial charge on any atom is 0.265 e. The topological polar surface area (TPSA) is 78.9 Å². The lowest BCUT2D eigenvalue weighted by Crippen LogP contribution is -2.42. The molecular weight excluding hydrogens is 342 g/mol. The first-order valence-electron chi connectivity index (χ1n) is 9.14. The molecule has 2 aromatic rings. The van der Waals surface area contributed by atoms with Crippen molar-refractivity contribution < 1.29 is 9.53 Å². The fourth-order valence-electron chi connectivity index (χ4n) is 2.92. The van der Waals surface area contributed by atoms with E-state index in [2.05, 4.69) is 20.6 Å². The molecule has 1 aromatic carbocycles. The van der Waals surface area contributed by atoms with Gasteiger partial charge in [0.25, 0.3) is 5.91 Å². The molecule has 0 radical (unpaired) electrons. The maximum absolute atomic E-state index is 12.2. The largest absolute Gasteiger partial charge is 0.482 e. The van der Waals surface area contributed by atoms with Gasteiger partial charge in [0, 0.05) is 45.0 Å². The monoisotopic (exact) mass is 367 g/mol. The summed E-state index contributed by atoms with van der Waals surface area (Å²) < 4.78 is 5.47. The molecule has 2 N–H and O–H groups in total. The van der Waals surface area contributed by atoms with E-state index >= 15 is 0 Å². The Morgan fingerprint density at radius 1 is 1.19 bits per heavy atom. The number of aliphatic imine (C=N–C) groups is 1. The van der Waals surface area contributed by atoms with Crippen LogP contribution in [0.1, 0.15) is 12.1 Å². The number of amides is 1. The number of carbonyl (C=O) groups is 1. The fourth-order valence-corrected chi connectivity index (χ4v) is 2.92. The second-order valence-electron chi connectivity index (χ2n) is 6.15. The van der Waals surface area contributed by atoms with Gasteiger partial charge in [0.2, 0.25) is 0 Å². The standard InChI is InChI=1S/C20H25N5O2/c1-21-20(24-13-10-16-7-4-5-11-22-16)23-12-6-14-25-17-8-2-3-9-18(17)27-15-19(25)26/h2-5,7-9,11H,6,10,12-15H2,1H3,(H2,21,23,24). The number of aromatic nitrogens is 1. The highest BCUT2D eigenvalue weighted by atomic mass is 16.5. The van der Waals surface area contributed by atoms with E-state index in [1.54, 1.807) is 18.1 Å². The molecule has 3 rings (SSSR count). The Morgan fingerprint density at radius 3 is 2.81 bits per heavy atom. The van der Waals surface area contributed by atoms with Gasteiger partial charge in [-0.15, -0.1) is 0 Å². The molecule has 0 unspecified atom stereocenters. The van der Waals surface area contributed by atoms with Gasteiger partial charge in [0.05, 0.1) is 5.69 Å². The molecule has 0 atom stereocenters. The van der Waals surface area contributed by atoms with Crippen molar-refractivity contribution in [2.24, 2.45) is 4.99 Å². The van der Waals surface area contributed by atoms with Gasteiger partial charge in [-0.05, 0) is 30.7 Å². The van der Waals surface area contributed by atoms with E-state index in [0.717, 1.165) is 49.0 Å². The Bertz CT molecular complexity index is 779. The molecule has 1 aromatic heterocycles. The highest BCUT2D eigenvalue weighted by molar-refractivity contribution is 5.97. The number of fused-ring (bicyclic) bond motifs is 1. The van der Waals surface area contributed by atoms with Crippen LogP contribution in [0.4, 0.5) is 5.69 Å². The molecule has 1 aliphatic rings. The van der Waals surface area contributed by atoms with E-state index in [1.165, 1.54) is 0 Å². The van der Waals surface area contributed by atoms with Crippen LogP contribution < -0.4 is 20.3 Å². The molecule has 0 saturated carbocycles. The van der Waals surface area contributed by atoms with Gasteiger partial charge in [-0.3, -0.25) is 14.8 Å². The Labute approximate surface area is 159 Å². The number of ether oxygens (including phenoxy) is 1. The molecule has 7 nitrogen and oxygen atoms in total. The summed E-state index contributed by atoms with van der Waals surface area (Å²) in [5.41, 5.74) is 1.89. The zero-order valence-corrected chi connectivity index (χ0v) is 15.5. The van der Waals surface area contributed by atoms with Crippen LogP contribution in [0.5, 0.6) is 5.75 Å². The van der Waals surface area contributed by atoms with Crippen LogP contribution in [-0.4, -0.2) is 50.1 Å². The zero-order chi connectivity index (χ0) is 18.9. The van der Waals surface area contributed by atoms with Crippen LogP contribution in [0.3, 0.4) is 0 Å². The van der Waals surface area contributed by atoms with Crippen LogP contribution in [-0.2, 0) is 11.2 Å². The van der Waals surface area contributed by atoms with Gasteiger partial charge in [0.15, 0.2) is 12.6 Å². The molecular formula is C20H25N5O2. The van der Waals surface area contributed by atoms with Gasteiger partial charge in [-0.25, -0.2) is 0 Å². The smallest absolute Gasteiger partial charge is 0.265 e. The van der Waals surface area contributed by atoms with E-state index in [-0.39, 0.29) is 12.5 Å². The third-order valence-corrected chi connectivity index (χ3v) is 4.28. The quantitative estimate of drug-likeness (QED) is 0.442. The number of nitrogens with one attached hydrogen (secondary N) is 2. The summed E-state index contributed by atoms with van der Waals surface area (Å²) in [6.07, 6.45) is 3.44. The molecule has 7 heteroatoms. The Morgan fingerprint density at radius 2 is 2.00 bits per heavy atom. The number of hydrogen-bond acceptors (Lipinski definition) is 4. The van der Waals surface area contributed by atoms with E-state index < -0.39 is 0 Å². The first kappa shape index (κ1) is 18.7. The predicted octanol–water partition coefficient (Wildman–Crippen LogP) is 1.60. The second kappa shape index (κ2) is 9.56. The van der Waals surface area contributed by atoms with E-state index in [4.69, 9.17) is 4.74 Å². The van der Waals surface area contributed by atoms with E-state index in [9.17, 15) is 4.79 Å². The Hall–Kier alpha value is -3.09. The van der Waals surface area contributed by atoms with Crippen LogP contribution in [0.15, 0.2) is 53.7 Å². The molecule has 0 bridgehead atoms. The van der Waals surface area contributed by atoms with Crippen molar-refractivity contribution in [3.8, 4) is 5.75 Å². The first-order chi connectivity index (χ1) is 13.3. The number of anilines is 1. The average molecular weight is 367 g/mol. The number of hydrogen-bond donors (Lipinski definition) is 2. The molecule has 142 valence electrons. The van der Waals surface area contributed by atoms with E-state index in [1.807, 2.05) is 42.5 Å². The minimum Gasteiger partial charge on any atom is -0.482 e. The number of para-hydroxylation sites is 2. The van der Waals surface area contributed by atoms with Crippen LogP contribution in [0.2, 0.25) is 0 Å². The summed E-state index contributed by atoms with van der Waals surface area (Å²) in [5.74, 6) is 1.50. The van der Waals surface area contributed by atoms with Gasteiger partial charge in [0.1, 0.15) is 5.75 Å². The summed E-state index contributed by atoms with van der Waals surface area (Å²) in [6.45, 7) is 2.21. The van der Waals surface area contributed by atoms with Crippen LogP contribution >= 0.6 is 0 Å². The molecule has 0 saturated heterocycles. The third kappa shape index (κ3) is 5.20. The highest BCUT2D eigenvalue weighted by Crippen LogP contribution is 2.31. The normalized spacial score (nSPS) is 13.7. The number of rotatable bonds is 7. The number of carbonyl (C=O) groups excluding carboxylic acids is 1. The van der Waals surface area contributed by atoms with Gasteiger partial charge < -0.3 is 20.3 Å². The van der Waals surface area contributed by atoms with Crippen LogP contribution in [0.25, 0.3) is 0 Å². The van der Waals surface area contributed by atoms with Gasteiger partial charge >= 0.3 is 0 Å². The minimum atomic E-state index is -0.00781. The number of pyridine rings is 1. The lowest BCUT2D eigenvalue weighted by molar-refractivity contribution is -0.121. The van der Waals surface area contributed by atoms with Crippen molar-refractivity contribution in [3.05, 3.63) is 54.4 Å². The predicted molar refractivity (Wildman–Crippen MR) is 106 cm³/mol. The Balaban J connectivity index is 1.40. The zero-order valence-electron chi connectivity index (χ0n) is 15.5. The molecule has 0 fully saturated rings. The van der Waals surface area contributed by atoms with Crippen molar-refractivity contribution in [2.75, 3.05) is 38.2 Å². The first-order valence-corrected chi connectivity index (χ1v) is 9.14. The lowest BCUT2D eigenvalue weighted by Gasteiger charge is -2.29. The van der Waals surface area contributed by atoms with E-state index in [0.29, 0.717) is 6.54 Å². The summed E-state index contributed by atoms with van der Waals surface area (Å²) in [5, 5.41) is 6.56. The molecule has 1 aliphatic heterocycles. The van der Waals surface area contributed by atoms with Crippen molar-refractivity contribution >= 4 is 17.6 Å². The molecule has 2 heterocycles. The van der Waals surface area contributed by atoms with Crippen LogP contribution in [0, 0.1) is 0 Å². The van der Waals surface area contributed by atoms with Gasteiger partial charge in [-0.2, -0.15) is 0 Å². The lowest BCUT2D eigenvalue weighted by atomic mass is 10.2. The second-order valence-corrected chi connectivity index (χ2v) is 6.15. The fraction of sp³-hybridized carbons (Fsp3) is 0.350. The SMILES string of the molecule is CN=C(NCCCN1C(=O)COc2ccccc21)NCCc1ccccn1. The number of nitrogens with zero attached hydrogens (tertiary/aromatic N) is 3. The molecule has 1 amide bonds. The summed E-state index contributed by atoms with van der Waals surface area (Å²) in [6, 6.07) is 13.5. The maximum atomic E-state index is 12.2.